The topological polar surface area (TPSA) is 63.9 Å². The lowest BCUT2D eigenvalue weighted by molar-refractivity contribution is 0.238. The first-order valence-electron chi connectivity index (χ1n) is 4.87. The van der Waals surface area contributed by atoms with Crippen LogP contribution < -0.4 is 10.9 Å². The predicted molar refractivity (Wildman–Crippen MR) is 54.4 cm³/mol. The Labute approximate surface area is 82.5 Å². The number of aromatic amines is 2. The number of piperazine rings is 1. The fraction of sp³-hybridized carbons (Fsp3) is 0.667. The molecule has 5 nitrogen and oxygen atoms in total. The molecular weight excluding hydrogens is 180 g/mol. The molecule has 1 unspecified atom stereocenters. The third-order valence-corrected chi connectivity index (χ3v) is 2.78. The minimum absolute atomic E-state index is 0.0185. The van der Waals surface area contributed by atoms with Crippen molar-refractivity contribution in [1.82, 2.24) is 20.4 Å². The van der Waals surface area contributed by atoms with E-state index in [-0.39, 0.29) is 11.6 Å². The average Bonchev–Trinajstić information content (AvgIpc) is 2.48. The Morgan fingerprint density at radius 1 is 1.43 bits per heavy atom. The smallest absolute Gasteiger partial charge is 0.267 e. The lowest BCUT2D eigenvalue weighted by atomic mass is 10.1. The van der Waals surface area contributed by atoms with Crippen LogP contribution >= 0.6 is 0 Å². The van der Waals surface area contributed by atoms with Crippen LogP contribution in [0.1, 0.15) is 17.3 Å². The molecule has 1 atom stereocenters. The van der Waals surface area contributed by atoms with Crippen LogP contribution in [0.15, 0.2) is 4.79 Å². The van der Waals surface area contributed by atoms with Crippen molar-refractivity contribution in [2.24, 2.45) is 0 Å². The highest BCUT2D eigenvalue weighted by Gasteiger charge is 2.21. The molecule has 78 valence electrons. The molecule has 1 aliphatic rings. The van der Waals surface area contributed by atoms with Crippen LogP contribution in [0.25, 0.3) is 0 Å². The standard InChI is InChI=1S/C9H16N4O/c1-6-8(11-12-9(6)14)7-5-13(2)4-3-10-7/h7,10H,3-5H2,1-2H3,(H2,11,12,14). The SMILES string of the molecule is Cc1c(C2CN(C)CCN2)[nH][nH]c1=O. The van der Waals surface area contributed by atoms with Gasteiger partial charge in [0, 0.05) is 25.2 Å². The number of hydrogen-bond donors (Lipinski definition) is 3. The van der Waals surface area contributed by atoms with E-state index < -0.39 is 0 Å². The van der Waals surface area contributed by atoms with Gasteiger partial charge in [0.25, 0.3) is 5.56 Å². The van der Waals surface area contributed by atoms with Gasteiger partial charge < -0.3 is 15.3 Å². The largest absolute Gasteiger partial charge is 0.306 e. The molecule has 0 spiro atoms. The minimum atomic E-state index is -0.0185. The molecule has 0 bridgehead atoms. The lowest BCUT2D eigenvalue weighted by Crippen LogP contribution is -2.44. The molecular formula is C9H16N4O. The maximum atomic E-state index is 11.2. The summed E-state index contributed by atoms with van der Waals surface area (Å²) in [5, 5.41) is 8.94. The maximum Gasteiger partial charge on any atom is 0.267 e. The second-order valence-corrected chi connectivity index (χ2v) is 3.89. The number of hydrogen-bond acceptors (Lipinski definition) is 3. The summed E-state index contributed by atoms with van der Waals surface area (Å²) >= 11 is 0. The quantitative estimate of drug-likeness (QED) is 0.572. The van der Waals surface area contributed by atoms with Crippen molar-refractivity contribution in [3.8, 4) is 0 Å². The average molecular weight is 196 g/mol. The summed E-state index contributed by atoms with van der Waals surface area (Å²) in [6.07, 6.45) is 0. The zero-order valence-electron chi connectivity index (χ0n) is 8.55. The van der Waals surface area contributed by atoms with Crippen molar-refractivity contribution < 1.29 is 0 Å². The molecule has 3 N–H and O–H groups in total. The molecule has 0 aromatic carbocycles. The highest BCUT2D eigenvalue weighted by atomic mass is 16.1. The monoisotopic (exact) mass is 196 g/mol. The summed E-state index contributed by atoms with van der Waals surface area (Å²) in [5.41, 5.74) is 1.76. The fourth-order valence-corrected chi connectivity index (χ4v) is 1.87. The second kappa shape index (κ2) is 3.59. The summed E-state index contributed by atoms with van der Waals surface area (Å²) in [4.78, 5) is 13.5. The molecule has 1 fully saturated rings. The van der Waals surface area contributed by atoms with Crippen LogP contribution in [0.3, 0.4) is 0 Å². The zero-order chi connectivity index (χ0) is 10.1. The molecule has 0 amide bonds. The summed E-state index contributed by atoms with van der Waals surface area (Å²) in [5.74, 6) is 0. The van der Waals surface area contributed by atoms with Gasteiger partial charge in [0.1, 0.15) is 0 Å². The van der Waals surface area contributed by atoms with E-state index in [1.807, 2.05) is 6.92 Å². The van der Waals surface area contributed by atoms with E-state index in [4.69, 9.17) is 0 Å². The molecule has 0 radical (unpaired) electrons. The Hall–Kier alpha value is -1.07. The summed E-state index contributed by atoms with van der Waals surface area (Å²) in [7, 11) is 2.09. The highest BCUT2D eigenvalue weighted by molar-refractivity contribution is 5.19. The highest BCUT2D eigenvalue weighted by Crippen LogP contribution is 2.15. The van der Waals surface area contributed by atoms with Crippen LogP contribution in [0.2, 0.25) is 0 Å². The van der Waals surface area contributed by atoms with Crippen LogP contribution in [-0.4, -0.2) is 41.8 Å². The van der Waals surface area contributed by atoms with E-state index in [2.05, 4.69) is 27.5 Å². The van der Waals surface area contributed by atoms with Gasteiger partial charge in [-0.2, -0.15) is 0 Å². The van der Waals surface area contributed by atoms with Gasteiger partial charge in [-0.05, 0) is 14.0 Å². The van der Waals surface area contributed by atoms with Crippen molar-refractivity contribution in [2.45, 2.75) is 13.0 Å². The zero-order valence-corrected chi connectivity index (χ0v) is 8.55. The van der Waals surface area contributed by atoms with Gasteiger partial charge in [0.2, 0.25) is 0 Å². The summed E-state index contributed by atoms with van der Waals surface area (Å²) in [6, 6.07) is 0.243. The maximum absolute atomic E-state index is 11.2. The molecule has 0 saturated carbocycles. The number of H-pyrrole nitrogens is 2. The Balaban J connectivity index is 2.22. The van der Waals surface area contributed by atoms with Crippen molar-refractivity contribution in [3.05, 3.63) is 21.6 Å². The van der Waals surface area contributed by atoms with Gasteiger partial charge in [-0.3, -0.25) is 9.89 Å². The summed E-state index contributed by atoms with van der Waals surface area (Å²) in [6.45, 7) is 4.81. The fourth-order valence-electron chi connectivity index (χ4n) is 1.87. The van der Waals surface area contributed by atoms with E-state index in [1.165, 1.54) is 0 Å². The van der Waals surface area contributed by atoms with Crippen LogP contribution in [0.5, 0.6) is 0 Å². The van der Waals surface area contributed by atoms with Crippen LogP contribution in [0, 0.1) is 6.92 Å². The molecule has 14 heavy (non-hydrogen) atoms. The van der Waals surface area contributed by atoms with Gasteiger partial charge in [-0.15, -0.1) is 0 Å². The molecule has 0 aliphatic carbocycles. The van der Waals surface area contributed by atoms with Gasteiger partial charge in [-0.1, -0.05) is 0 Å². The van der Waals surface area contributed by atoms with Gasteiger partial charge in [0.15, 0.2) is 0 Å². The van der Waals surface area contributed by atoms with Crippen molar-refractivity contribution in [1.29, 1.82) is 0 Å². The Kier molecular flexibility index (Phi) is 2.43. The first kappa shape index (κ1) is 9.48. The van der Waals surface area contributed by atoms with E-state index in [0.717, 1.165) is 30.9 Å². The Morgan fingerprint density at radius 2 is 2.21 bits per heavy atom. The van der Waals surface area contributed by atoms with Crippen molar-refractivity contribution in [3.63, 3.8) is 0 Å². The number of aromatic nitrogens is 2. The number of nitrogens with zero attached hydrogens (tertiary/aromatic N) is 1. The molecule has 2 heterocycles. The van der Waals surface area contributed by atoms with Crippen molar-refractivity contribution in [2.75, 3.05) is 26.7 Å². The third kappa shape index (κ3) is 1.60. The lowest BCUT2D eigenvalue weighted by Gasteiger charge is -2.30. The molecule has 5 heteroatoms. The number of rotatable bonds is 1. The van der Waals surface area contributed by atoms with Crippen molar-refractivity contribution >= 4 is 0 Å². The first-order chi connectivity index (χ1) is 6.68. The van der Waals surface area contributed by atoms with Gasteiger partial charge in [-0.25, -0.2) is 0 Å². The number of nitrogens with one attached hydrogen (secondary N) is 3. The van der Waals surface area contributed by atoms with Crippen LogP contribution in [0.4, 0.5) is 0 Å². The molecule has 1 saturated heterocycles. The normalized spacial score (nSPS) is 24.0. The second-order valence-electron chi connectivity index (χ2n) is 3.89. The Bertz CT molecular complexity index is 367. The molecule has 1 aliphatic heterocycles. The first-order valence-corrected chi connectivity index (χ1v) is 4.87. The molecule has 2 rings (SSSR count). The minimum Gasteiger partial charge on any atom is -0.306 e. The predicted octanol–water partition coefficient (Wildman–Crippen LogP) is -0.412. The summed E-state index contributed by atoms with van der Waals surface area (Å²) < 4.78 is 0. The molecule has 1 aromatic rings. The number of likely N-dealkylation sites (N-methyl/N-ethyl adjacent to an activating group) is 1. The van der Waals surface area contributed by atoms with E-state index >= 15 is 0 Å². The van der Waals surface area contributed by atoms with E-state index in [9.17, 15) is 4.79 Å². The third-order valence-electron chi connectivity index (χ3n) is 2.78. The van der Waals surface area contributed by atoms with E-state index in [0.29, 0.717) is 0 Å². The Morgan fingerprint density at radius 3 is 2.79 bits per heavy atom. The van der Waals surface area contributed by atoms with Gasteiger partial charge in [0.05, 0.1) is 11.7 Å². The van der Waals surface area contributed by atoms with Crippen LogP contribution in [-0.2, 0) is 0 Å². The van der Waals surface area contributed by atoms with Gasteiger partial charge >= 0.3 is 0 Å². The molecule has 1 aromatic heterocycles. The van der Waals surface area contributed by atoms with E-state index in [1.54, 1.807) is 0 Å².